The van der Waals surface area contributed by atoms with E-state index in [-0.39, 0.29) is 5.56 Å². The molecule has 0 aromatic carbocycles. The molecule has 3 aromatic rings. The molecular formula is C13H12N4O2S2. The predicted octanol–water partition coefficient (Wildman–Crippen LogP) is 2.52. The number of fused-ring (bicyclic) bond motifs is 1. The van der Waals surface area contributed by atoms with Crippen LogP contribution >= 0.6 is 23.6 Å². The first-order chi connectivity index (χ1) is 10.1. The molecule has 0 amide bonds. The zero-order valence-electron chi connectivity index (χ0n) is 11.3. The van der Waals surface area contributed by atoms with Gasteiger partial charge in [0.25, 0.3) is 5.56 Å². The SMILES string of the molecule is C=CCn1c(=S)sc2c(=O)n(Cc3cc(C)on3)cnc21. The van der Waals surface area contributed by atoms with Crippen molar-refractivity contribution in [3.05, 3.63) is 50.8 Å². The molecule has 0 aliphatic heterocycles. The lowest BCUT2D eigenvalue weighted by Gasteiger charge is -2.03. The predicted molar refractivity (Wildman–Crippen MR) is 83.2 cm³/mol. The monoisotopic (exact) mass is 320 g/mol. The first-order valence-corrected chi connectivity index (χ1v) is 7.44. The second-order valence-electron chi connectivity index (χ2n) is 4.53. The van der Waals surface area contributed by atoms with Gasteiger partial charge < -0.3 is 9.09 Å². The van der Waals surface area contributed by atoms with Gasteiger partial charge in [0.15, 0.2) is 9.60 Å². The lowest BCUT2D eigenvalue weighted by molar-refractivity contribution is 0.388. The Kier molecular flexibility index (Phi) is 3.56. The van der Waals surface area contributed by atoms with Crippen LogP contribution in [0, 0.1) is 10.9 Å². The average Bonchev–Trinajstić information content (AvgIpc) is 2.99. The van der Waals surface area contributed by atoms with E-state index >= 15 is 0 Å². The van der Waals surface area contributed by atoms with Gasteiger partial charge in [0.2, 0.25) is 0 Å². The molecule has 0 radical (unpaired) electrons. The molecule has 8 heteroatoms. The first kappa shape index (κ1) is 13.9. The van der Waals surface area contributed by atoms with Gasteiger partial charge >= 0.3 is 0 Å². The first-order valence-electron chi connectivity index (χ1n) is 6.22. The highest BCUT2D eigenvalue weighted by molar-refractivity contribution is 7.73. The van der Waals surface area contributed by atoms with Crippen molar-refractivity contribution in [2.75, 3.05) is 0 Å². The summed E-state index contributed by atoms with van der Waals surface area (Å²) in [7, 11) is 0. The minimum absolute atomic E-state index is 0.125. The van der Waals surface area contributed by atoms with Crippen LogP contribution in [0.1, 0.15) is 11.5 Å². The van der Waals surface area contributed by atoms with E-state index in [1.807, 2.05) is 6.92 Å². The van der Waals surface area contributed by atoms with Gasteiger partial charge in [-0.2, -0.15) is 0 Å². The minimum atomic E-state index is -0.125. The van der Waals surface area contributed by atoms with Crippen LogP contribution in [0.25, 0.3) is 10.3 Å². The van der Waals surface area contributed by atoms with Gasteiger partial charge in [-0.15, -0.1) is 6.58 Å². The Morgan fingerprint density at radius 2 is 2.38 bits per heavy atom. The van der Waals surface area contributed by atoms with Crippen LogP contribution in [0.4, 0.5) is 0 Å². The van der Waals surface area contributed by atoms with Crippen molar-refractivity contribution in [1.82, 2.24) is 19.3 Å². The lowest BCUT2D eigenvalue weighted by atomic mass is 10.4. The zero-order chi connectivity index (χ0) is 15.0. The van der Waals surface area contributed by atoms with Crippen molar-refractivity contribution in [3.8, 4) is 0 Å². The van der Waals surface area contributed by atoms with E-state index < -0.39 is 0 Å². The van der Waals surface area contributed by atoms with Crippen molar-refractivity contribution in [3.63, 3.8) is 0 Å². The van der Waals surface area contributed by atoms with Gasteiger partial charge in [-0.3, -0.25) is 9.36 Å². The molecule has 108 valence electrons. The fourth-order valence-corrected chi connectivity index (χ4v) is 3.36. The summed E-state index contributed by atoms with van der Waals surface area (Å²) in [5.41, 5.74) is 1.16. The number of nitrogens with zero attached hydrogens (tertiary/aromatic N) is 4. The standard InChI is InChI=1S/C13H12N4O2S2/c1-3-4-17-11-10(21-13(17)20)12(18)16(7-14-11)6-9-5-8(2)19-15-9/h3,5,7H,1,4,6H2,2H3. The number of hydrogen-bond donors (Lipinski definition) is 0. The second-order valence-corrected chi connectivity index (χ2v) is 6.17. The van der Waals surface area contributed by atoms with Crippen LogP contribution in [0.5, 0.6) is 0 Å². The van der Waals surface area contributed by atoms with E-state index in [4.69, 9.17) is 16.7 Å². The number of aryl methyl sites for hydroxylation is 1. The topological polar surface area (TPSA) is 65.8 Å². The molecule has 0 saturated carbocycles. The molecule has 0 bridgehead atoms. The summed E-state index contributed by atoms with van der Waals surface area (Å²) in [6, 6.07) is 1.79. The molecule has 21 heavy (non-hydrogen) atoms. The summed E-state index contributed by atoms with van der Waals surface area (Å²) in [5.74, 6) is 0.708. The number of rotatable bonds is 4. The Morgan fingerprint density at radius 1 is 1.57 bits per heavy atom. The Balaban J connectivity index is 2.10. The number of thiazole rings is 1. The Morgan fingerprint density at radius 3 is 3.05 bits per heavy atom. The highest BCUT2D eigenvalue weighted by Crippen LogP contribution is 2.17. The molecule has 3 aromatic heterocycles. The summed E-state index contributed by atoms with van der Waals surface area (Å²) >= 11 is 6.54. The molecule has 0 unspecified atom stereocenters. The van der Waals surface area contributed by atoms with Crippen LogP contribution in [0.3, 0.4) is 0 Å². The van der Waals surface area contributed by atoms with Gasteiger partial charge in [0.1, 0.15) is 22.5 Å². The number of hydrogen-bond acceptors (Lipinski definition) is 6. The van der Waals surface area contributed by atoms with E-state index in [0.29, 0.717) is 38.8 Å². The Bertz CT molecular complexity index is 932. The summed E-state index contributed by atoms with van der Waals surface area (Å²) in [5, 5.41) is 3.89. The Labute approximate surface area is 129 Å². The van der Waals surface area contributed by atoms with Crippen molar-refractivity contribution >= 4 is 33.9 Å². The molecule has 6 nitrogen and oxygen atoms in total. The van der Waals surface area contributed by atoms with Crippen molar-refractivity contribution < 1.29 is 4.52 Å². The van der Waals surface area contributed by atoms with Crippen molar-refractivity contribution in [2.24, 2.45) is 0 Å². The molecule has 0 saturated heterocycles. The molecule has 0 N–H and O–H groups in total. The summed E-state index contributed by atoms with van der Waals surface area (Å²) in [6.45, 7) is 6.36. The summed E-state index contributed by atoms with van der Waals surface area (Å²) in [4.78, 5) is 16.8. The average molecular weight is 320 g/mol. The van der Waals surface area contributed by atoms with E-state index in [9.17, 15) is 4.79 Å². The highest BCUT2D eigenvalue weighted by Gasteiger charge is 2.12. The largest absolute Gasteiger partial charge is 0.361 e. The molecule has 3 rings (SSSR count). The van der Waals surface area contributed by atoms with Crippen LogP contribution < -0.4 is 5.56 Å². The Hall–Kier alpha value is -2.06. The molecule has 0 atom stereocenters. The van der Waals surface area contributed by atoms with Gasteiger partial charge in [-0.1, -0.05) is 22.6 Å². The highest BCUT2D eigenvalue weighted by atomic mass is 32.1. The van der Waals surface area contributed by atoms with Crippen LogP contribution in [0.15, 0.2) is 34.4 Å². The molecular weight excluding hydrogens is 308 g/mol. The molecule has 3 heterocycles. The number of allylic oxidation sites excluding steroid dienone is 1. The maximum atomic E-state index is 12.5. The quantitative estimate of drug-likeness (QED) is 0.546. The second kappa shape index (κ2) is 5.38. The van der Waals surface area contributed by atoms with Crippen LogP contribution in [0.2, 0.25) is 0 Å². The summed E-state index contributed by atoms with van der Waals surface area (Å²) < 4.78 is 9.47. The summed E-state index contributed by atoms with van der Waals surface area (Å²) in [6.07, 6.45) is 3.24. The van der Waals surface area contributed by atoms with E-state index in [0.717, 1.165) is 0 Å². The van der Waals surface area contributed by atoms with Gasteiger partial charge in [0.05, 0.1) is 6.54 Å². The van der Waals surface area contributed by atoms with E-state index in [1.54, 1.807) is 16.7 Å². The minimum Gasteiger partial charge on any atom is -0.361 e. The van der Waals surface area contributed by atoms with Gasteiger partial charge in [-0.05, 0) is 19.1 Å². The smallest absolute Gasteiger partial charge is 0.273 e. The van der Waals surface area contributed by atoms with E-state index in [2.05, 4.69) is 16.7 Å². The number of aromatic nitrogens is 4. The fraction of sp³-hybridized carbons (Fsp3) is 0.231. The molecule has 0 aliphatic carbocycles. The van der Waals surface area contributed by atoms with Crippen molar-refractivity contribution in [2.45, 2.75) is 20.0 Å². The molecule has 0 spiro atoms. The van der Waals surface area contributed by atoms with Crippen LogP contribution in [-0.4, -0.2) is 19.3 Å². The third-order valence-electron chi connectivity index (χ3n) is 2.96. The maximum absolute atomic E-state index is 12.5. The molecule has 0 fully saturated rings. The third kappa shape index (κ3) is 2.47. The zero-order valence-corrected chi connectivity index (χ0v) is 12.9. The third-order valence-corrected chi connectivity index (χ3v) is 4.39. The van der Waals surface area contributed by atoms with Gasteiger partial charge in [0, 0.05) is 12.6 Å². The maximum Gasteiger partial charge on any atom is 0.273 e. The lowest BCUT2D eigenvalue weighted by Crippen LogP contribution is -2.21. The van der Waals surface area contributed by atoms with Crippen molar-refractivity contribution in [1.29, 1.82) is 0 Å². The fourth-order valence-electron chi connectivity index (χ4n) is 2.04. The van der Waals surface area contributed by atoms with E-state index in [1.165, 1.54) is 22.2 Å². The van der Waals surface area contributed by atoms with Gasteiger partial charge in [-0.25, -0.2) is 4.98 Å². The van der Waals surface area contributed by atoms with Crippen LogP contribution in [-0.2, 0) is 13.1 Å². The normalized spacial score (nSPS) is 11.1. The molecule has 0 aliphatic rings.